The average Bonchev–Trinajstić information content (AvgIpc) is 2.84. The van der Waals surface area contributed by atoms with Crippen LogP contribution in [0.4, 0.5) is 0 Å². The van der Waals surface area contributed by atoms with E-state index >= 15 is 0 Å². The zero-order valence-corrected chi connectivity index (χ0v) is 14.3. The molecule has 2 aromatic rings. The summed E-state index contributed by atoms with van der Waals surface area (Å²) in [5.41, 5.74) is 1.66. The van der Waals surface area contributed by atoms with E-state index in [0.29, 0.717) is 22.7 Å². The maximum Gasteiger partial charge on any atom is 0.341 e. The van der Waals surface area contributed by atoms with Crippen LogP contribution in [-0.4, -0.2) is 35.5 Å². The van der Waals surface area contributed by atoms with Gasteiger partial charge in [0.15, 0.2) is 17.0 Å². The van der Waals surface area contributed by atoms with Gasteiger partial charge in [0.05, 0.1) is 0 Å². The second-order valence-corrected chi connectivity index (χ2v) is 5.83. The summed E-state index contributed by atoms with van der Waals surface area (Å²) in [4.78, 5) is 24.3. The van der Waals surface area contributed by atoms with Crippen LogP contribution in [0.3, 0.4) is 0 Å². The number of carboxylic acids is 1. The van der Waals surface area contributed by atoms with Gasteiger partial charge < -0.3 is 19.2 Å². The Bertz CT molecular complexity index is 708. The highest BCUT2D eigenvalue weighted by Crippen LogP contribution is 2.21. The molecule has 1 aromatic heterocycles. The number of rotatable bonds is 6. The van der Waals surface area contributed by atoms with Gasteiger partial charge in [-0.05, 0) is 46.6 Å². The predicted molar refractivity (Wildman–Crippen MR) is 86.5 cm³/mol. The van der Waals surface area contributed by atoms with E-state index in [1.807, 2.05) is 6.92 Å². The van der Waals surface area contributed by atoms with E-state index in [-0.39, 0.29) is 12.5 Å². The molecule has 2 rings (SSSR count). The molecule has 1 N–H and O–H groups in total. The molecule has 7 heteroatoms. The van der Waals surface area contributed by atoms with Gasteiger partial charge in [0.1, 0.15) is 5.75 Å². The van der Waals surface area contributed by atoms with E-state index in [0.717, 1.165) is 11.1 Å². The minimum atomic E-state index is -1.03. The lowest BCUT2D eigenvalue weighted by molar-refractivity contribution is -0.139. The molecule has 0 unspecified atom stereocenters. The molecule has 6 nitrogen and oxygen atoms in total. The van der Waals surface area contributed by atoms with Crippen molar-refractivity contribution in [2.45, 2.75) is 13.5 Å². The van der Waals surface area contributed by atoms with Crippen molar-refractivity contribution in [1.29, 1.82) is 0 Å². The molecule has 0 saturated carbocycles. The molecule has 0 aliphatic heterocycles. The molecule has 0 bridgehead atoms. The lowest BCUT2D eigenvalue weighted by Gasteiger charge is -2.16. The molecular formula is C16H16BrNO5. The third-order valence-corrected chi connectivity index (χ3v) is 3.52. The second kappa shape index (κ2) is 7.32. The van der Waals surface area contributed by atoms with E-state index < -0.39 is 5.97 Å². The number of carbonyl (C=O) groups excluding carboxylic acids is 1. The highest BCUT2D eigenvalue weighted by molar-refractivity contribution is 9.10. The fraction of sp³-hybridized carbons (Fsp3) is 0.250. The molecule has 1 heterocycles. The summed E-state index contributed by atoms with van der Waals surface area (Å²) in [5.74, 6) is -0.462. The van der Waals surface area contributed by atoms with Crippen LogP contribution in [-0.2, 0) is 11.3 Å². The topological polar surface area (TPSA) is 80.0 Å². The Morgan fingerprint density at radius 2 is 1.96 bits per heavy atom. The summed E-state index contributed by atoms with van der Waals surface area (Å²) in [6.45, 7) is 1.82. The number of halogens is 1. The van der Waals surface area contributed by atoms with Crippen molar-refractivity contribution in [3.05, 3.63) is 51.9 Å². The highest BCUT2D eigenvalue weighted by atomic mass is 79.9. The SMILES string of the molecule is Cc1cc(Br)oc1C(=O)N(C)Cc1ccc(OCC(=O)O)cc1. The number of aryl methyl sites for hydroxylation is 1. The van der Waals surface area contributed by atoms with Crippen molar-refractivity contribution in [3.63, 3.8) is 0 Å². The fourth-order valence-corrected chi connectivity index (χ4v) is 2.52. The Balaban J connectivity index is 1.99. The summed E-state index contributed by atoms with van der Waals surface area (Å²) in [6, 6.07) is 8.66. The molecule has 0 spiro atoms. The Labute approximate surface area is 141 Å². The molecular weight excluding hydrogens is 366 g/mol. The van der Waals surface area contributed by atoms with Crippen molar-refractivity contribution in [2.24, 2.45) is 0 Å². The Morgan fingerprint density at radius 3 is 2.48 bits per heavy atom. The number of benzene rings is 1. The van der Waals surface area contributed by atoms with Crippen LogP contribution in [0.1, 0.15) is 21.7 Å². The number of aliphatic carboxylic acids is 1. The number of ether oxygens (including phenoxy) is 1. The number of hydrogen-bond acceptors (Lipinski definition) is 4. The first-order chi connectivity index (χ1) is 10.9. The van der Waals surface area contributed by atoms with Crippen molar-refractivity contribution in [3.8, 4) is 5.75 Å². The van der Waals surface area contributed by atoms with Gasteiger partial charge in [-0.25, -0.2) is 4.79 Å². The maximum atomic E-state index is 12.3. The number of amides is 1. The van der Waals surface area contributed by atoms with Crippen molar-refractivity contribution < 1.29 is 23.8 Å². The molecule has 0 aliphatic rings. The average molecular weight is 382 g/mol. The van der Waals surface area contributed by atoms with Crippen molar-refractivity contribution in [2.75, 3.05) is 13.7 Å². The van der Waals surface area contributed by atoms with E-state index in [1.54, 1.807) is 42.3 Å². The number of carbonyl (C=O) groups is 2. The fourth-order valence-electron chi connectivity index (χ4n) is 2.01. The van der Waals surface area contributed by atoms with Crippen LogP contribution in [0.2, 0.25) is 0 Å². The van der Waals surface area contributed by atoms with Gasteiger partial charge in [-0.2, -0.15) is 0 Å². The quantitative estimate of drug-likeness (QED) is 0.831. The lowest BCUT2D eigenvalue weighted by Crippen LogP contribution is -2.26. The number of furan rings is 1. The monoisotopic (exact) mass is 381 g/mol. The van der Waals surface area contributed by atoms with Gasteiger partial charge in [0, 0.05) is 19.2 Å². The standard InChI is InChI=1S/C16H16BrNO5/c1-10-7-13(17)23-15(10)16(21)18(2)8-11-3-5-12(6-4-11)22-9-14(19)20/h3-7H,8-9H2,1-2H3,(H,19,20). The summed E-state index contributed by atoms with van der Waals surface area (Å²) in [7, 11) is 1.69. The van der Waals surface area contributed by atoms with E-state index in [4.69, 9.17) is 14.3 Å². The summed E-state index contributed by atoms with van der Waals surface area (Å²) in [5, 5.41) is 8.56. The molecule has 1 amide bonds. The number of carboxylic acid groups (broad SMARTS) is 1. The van der Waals surface area contributed by atoms with Crippen LogP contribution < -0.4 is 4.74 Å². The second-order valence-electron chi connectivity index (χ2n) is 5.05. The van der Waals surface area contributed by atoms with Crippen molar-refractivity contribution >= 4 is 27.8 Å². The van der Waals surface area contributed by atoms with Gasteiger partial charge in [-0.15, -0.1) is 0 Å². The van der Waals surface area contributed by atoms with Crippen LogP contribution in [0.5, 0.6) is 5.75 Å². The summed E-state index contributed by atoms with van der Waals surface area (Å²) >= 11 is 3.21. The van der Waals surface area contributed by atoms with E-state index in [9.17, 15) is 9.59 Å². The molecule has 0 fully saturated rings. The molecule has 0 radical (unpaired) electrons. The smallest absolute Gasteiger partial charge is 0.341 e. The lowest BCUT2D eigenvalue weighted by atomic mass is 10.2. The summed E-state index contributed by atoms with van der Waals surface area (Å²) < 4.78 is 10.9. The Kier molecular flexibility index (Phi) is 5.44. The minimum absolute atomic E-state index is 0.209. The first-order valence-electron chi connectivity index (χ1n) is 6.81. The van der Waals surface area contributed by atoms with Crippen LogP contribution in [0.15, 0.2) is 39.4 Å². The zero-order chi connectivity index (χ0) is 17.0. The molecule has 0 atom stereocenters. The van der Waals surface area contributed by atoms with Gasteiger partial charge >= 0.3 is 5.97 Å². The largest absolute Gasteiger partial charge is 0.482 e. The molecule has 1 aromatic carbocycles. The highest BCUT2D eigenvalue weighted by Gasteiger charge is 2.19. The van der Waals surface area contributed by atoms with E-state index in [2.05, 4.69) is 15.9 Å². The third kappa shape index (κ3) is 4.59. The normalized spacial score (nSPS) is 10.4. The van der Waals surface area contributed by atoms with Crippen LogP contribution in [0, 0.1) is 6.92 Å². The molecule has 0 saturated heterocycles. The van der Waals surface area contributed by atoms with E-state index in [1.165, 1.54) is 0 Å². The van der Waals surface area contributed by atoms with Gasteiger partial charge in [0.2, 0.25) is 0 Å². The molecule has 122 valence electrons. The Morgan fingerprint density at radius 1 is 1.30 bits per heavy atom. The molecule has 0 aliphatic carbocycles. The van der Waals surface area contributed by atoms with Crippen LogP contribution in [0.25, 0.3) is 0 Å². The maximum absolute atomic E-state index is 12.3. The first kappa shape index (κ1) is 17.1. The first-order valence-corrected chi connectivity index (χ1v) is 7.61. The van der Waals surface area contributed by atoms with Crippen molar-refractivity contribution in [1.82, 2.24) is 4.90 Å². The third-order valence-electron chi connectivity index (χ3n) is 3.13. The van der Waals surface area contributed by atoms with Crippen LogP contribution >= 0.6 is 15.9 Å². The minimum Gasteiger partial charge on any atom is -0.482 e. The van der Waals surface area contributed by atoms with Gasteiger partial charge in [-0.1, -0.05) is 12.1 Å². The Hall–Kier alpha value is -2.28. The number of hydrogen-bond donors (Lipinski definition) is 1. The summed E-state index contributed by atoms with van der Waals surface area (Å²) in [6.07, 6.45) is 0. The number of nitrogens with zero attached hydrogens (tertiary/aromatic N) is 1. The zero-order valence-electron chi connectivity index (χ0n) is 12.7. The van der Waals surface area contributed by atoms with Gasteiger partial charge in [0.25, 0.3) is 5.91 Å². The predicted octanol–water partition coefficient (Wildman–Crippen LogP) is 3.09. The van der Waals surface area contributed by atoms with Gasteiger partial charge in [-0.3, -0.25) is 4.79 Å². The molecule has 23 heavy (non-hydrogen) atoms.